The largest absolute Gasteiger partial charge is 0.508 e. The fourth-order valence-corrected chi connectivity index (χ4v) is 2.53. The van der Waals surface area contributed by atoms with Crippen LogP contribution in [0.1, 0.15) is 26.3 Å². The summed E-state index contributed by atoms with van der Waals surface area (Å²) in [4.78, 5) is 11.4. The van der Waals surface area contributed by atoms with Gasteiger partial charge in [-0.05, 0) is 12.5 Å². The molecule has 0 bridgehead atoms. The van der Waals surface area contributed by atoms with Gasteiger partial charge in [0.05, 0.1) is 6.61 Å². The summed E-state index contributed by atoms with van der Waals surface area (Å²) in [6.45, 7) is 6.17. The lowest BCUT2D eigenvalue weighted by atomic mass is 10.1. The Morgan fingerprint density at radius 3 is 2.60 bits per heavy atom. The quantitative estimate of drug-likeness (QED) is 0.769. The summed E-state index contributed by atoms with van der Waals surface area (Å²) in [5.74, 6) is 0.111. The van der Waals surface area contributed by atoms with Gasteiger partial charge in [0, 0.05) is 16.4 Å². The minimum atomic E-state index is -0.614. The molecule has 1 fully saturated rings. The fourth-order valence-electron chi connectivity index (χ4n) is 2.26. The molecule has 0 aliphatic heterocycles. The first-order valence-electron chi connectivity index (χ1n) is 6.73. The highest BCUT2D eigenvalue weighted by molar-refractivity contribution is 6.48. The summed E-state index contributed by atoms with van der Waals surface area (Å²) < 4.78 is 10.1. The monoisotopic (exact) mass is 294 g/mol. The summed E-state index contributed by atoms with van der Waals surface area (Å²) in [5, 5.41) is 0.679. The van der Waals surface area contributed by atoms with Gasteiger partial charge in [-0.2, -0.15) is 0 Å². The summed E-state index contributed by atoms with van der Waals surface area (Å²) in [7, 11) is 0. The van der Waals surface area contributed by atoms with Crippen molar-refractivity contribution in [3.05, 3.63) is 42.0 Å². The highest BCUT2D eigenvalue weighted by Gasteiger charge is 2.60. The van der Waals surface area contributed by atoms with Crippen molar-refractivity contribution in [2.45, 2.75) is 26.9 Å². The Balaban J connectivity index is 2.05. The number of hydrogen-bond acceptors (Lipinski definition) is 3. The van der Waals surface area contributed by atoms with E-state index in [1.54, 1.807) is 6.92 Å². The van der Waals surface area contributed by atoms with Crippen molar-refractivity contribution < 1.29 is 14.3 Å². The van der Waals surface area contributed by atoms with E-state index in [1.165, 1.54) is 0 Å². The van der Waals surface area contributed by atoms with Crippen LogP contribution in [0.15, 0.2) is 36.4 Å². The van der Waals surface area contributed by atoms with Crippen molar-refractivity contribution in [3.63, 3.8) is 0 Å². The molecule has 0 radical (unpaired) electrons. The predicted octanol–water partition coefficient (Wildman–Crippen LogP) is 4.46. The zero-order valence-corrected chi connectivity index (χ0v) is 12.7. The van der Waals surface area contributed by atoms with Gasteiger partial charge in [0.1, 0.15) is 6.10 Å². The molecule has 0 saturated heterocycles. The molecule has 0 spiro atoms. The number of carbonyl (C=O) groups is 1. The van der Waals surface area contributed by atoms with Crippen LogP contribution >= 0.6 is 11.6 Å². The number of benzene rings is 1. The van der Waals surface area contributed by atoms with Crippen molar-refractivity contribution in [3.8, 4) is 0 Å². The molecule has 2 unspecified atom stereocenters. The van der Waals surface area contributed by atoms with Crippen molar-refractivity contribution in [2.75, 3.05) is 6.61 Å². The van der Waals surface area contributed by atoms with Crippen LogP contribution in [-0.2, 0) is 9.47 Å². The van der Waals surface area contributed by atoms with Crippen LogP contribution in [0.3, 0.4) is 0 Å². The maximum Gasteiger partial charge on any atom is 0.508 e. The fraction of sp³-hybridized carbons (Fsp3) is 0.438. The Bertz CT molecular complexity index is 508. The molecular weight excluding hydrogens is 276 g/mol. The lowest BCUT2D eigenvalue weighted by Crippen LogP contribution is -2.11. The molecule has 1 aliphatic carbocycles. The van der Waals surface area contributed by atoms with Gasteiger partial charge < -0.3 is 9.47 Å². The zero-order chi connectivity index (χ0) is 14.8. The minimum Gasteiger partial charge on any atom is -0.435 e. The molecular formula is C16H19ClO3. The third kappa shape index (κ3) is 3.15. The molecule has 1 aromatic rings. The lowest BCUT2D eigenvalue weighted by Gasteiger charge is -2.04. The van der Waals surface area contributed by atoms with Gasteiger partial charge in [0.25, 0.3) is 0 Å². The van der Waals surface area contributed by atoms with E-state index in [0.717, 1.165) is 5.56 Å². The smallest absolute Gasteiger partial charge is 0.435 e. The Kier molecular flexibility index (Phi) is 4.39. The van der Waals surface area contributed by atoms with Crippen LogP contribution in [0.5, 0.6) is 0 Å². The summed E-state index contributed by atoms with van der Waals surface area (Å²) in [6, 6.07) is 9.73. The van der Waals surface area contributed by atoms with Crippen molar-refractivity contribution in [2.24, 2.45) is 11.3 Å². The van der Waals surface area contributed by atoms with Gasteiger partial charge in [-0.3, -0.25) is 0 Å². The topological polar surface area (TPSA) is 35.5 Å². The van der Waals surface area contributed by atoms with Gasteiger partial charge in [-0.15, -0.1) is 0 Å². The van der Waals surface area contributed by atoms with Crippen LogP contribution < -0.4 is 0 Å². The van der Waals surface area contributed by atoms with E-state index in [2.05, 4.69) is 0 Å². The standard InChI is InChI=1S/C16H19ClO3/c1-4-19-15(18)20-14-12(16(14,2)3)10-13(17)11-8-6-5-7-9-11/h5-10,12,14H,4H2,1-3H3. The maximum atomic E-state index is 11.4. The summed E-state index contributed by atoms with van der Waals surface area (Å²) in [5.41, 5.74) is 0.855. The molecule has 0 aromatic heterocycles. The highest BCUT2D eigenvalue weighted by Crippen LogP contribution is 2.56. The molecule has 3 nitrogen and oxygen atoms in total. The Hall–Kier alpha value is -1.48. The summed E-state index contributed by atoms with van der Waals surface area (Å²) >= 11 is 6.32. The summed E-state index contributed by atoms with van der Waals surface area (Å²) in [6.07, 6.45) is 1.16. The molecule has 1 aromatic carbocycles. The van der Waals surface area contributed by atoms with Gasteiger partial charge in [-0.1, -0.05) is 61.9 Å². The van der Waals surface area contributed by atoms with Gasteiger partial charge in [-0.25, -0.2) is 4.79 Å². The van der Waals surface area contributed by atoms with E-state index >= 15 is 0 Å². The van der Waals surface area contributed by atoms with Gasteiger partial charge in [0.15, 0.2) is 0 Å². The number of carbonyl (C=O) groups excluding carboxylic acids is 1. The number of rotatable bonds is 4. The molecule has 1 aliphatic rings. The first-order valence-corrected chi connectivity index (χ1v) is 7.10. The maximum absolute atomic E-state index is 11.4. The molecule has 1 saturated carbocycles. The lowest BCUT2D eigenvalue weighted by molar-refractivity contribution is 0.0440. The second-order valence-electron chi connectivity index (χ2n) is 5.45. The SMILES string of the molecule is CCOC(=O)OC1C(C=C(Cl)c2ccccc2)C1(C)C. The first-order chi connectivity index (χ1) is 9.46. The van der Waals surface area contributed by atoms with Crippen LogP contribution in [0.4, 0.5) is 4.79 Å². The van der Waals surface area contributed by atoms with Crippen LogP contribution in [-0.4, -0.2) is 18.9 Å². The average Bonchev–Trinajstić information content (AvgIpc) is 2.91. The second-order valence-corrected chi connectivity index (χ2v) is 5.86. The molecule has 108 valence electrons. The third-order valence-electron chi connectivity index (χ3n) is 3.67. The van der Waals surface area contributed by atoms with Crippen LogP contribution in [0.25, 0.3) is 5.03 Å². The Morgan fingerprint density at radius 1 is 1.35 bits per heavy atom. The van der Waals surface area contributed by atoms with Crippen LogP contribution in [0.2, 0.25) is 0 Å². The Labute approximate surface area is 124 Å². The first kappa shape index (κ1) is 14.9. The highest BCUT2D eigenvalue weighted by atomic mass is 35.5. The van der Waals surface area contributed by atoms with E-state index in [4.69, 9.17) is 21.1 Å². The minimum absolute atomic E-state index is 0.109. The van der Waals surface area contributed by atoms with E-state index in [0.29, 0.717) is 11.6 Å². The zero-order valence-electron chi connectivity index (χ0n) is 11.9. The predicted molar refractivity (Wildman–Crippen MR) is 79.4 cm³/mol. The molecule has 2 rings (SSSR count). The van der Waals surface area contributed by atoms with Gasteiger partial charge in [0.2, 0.25) is 0 Å². The van der Waals surface area contributed by atoms with E-state index in [1.807, 2.05) is 50.3 Å². The average molecular weight is 295 g/mol. The number of hydrogen-bond donors (Lipinski definition) is 0. The van der Waals surface area contributed by atoms with E-state index in [-0.39, 0.29) is 17.4 Å². The number of halogens is 1. The Morgan fingerprint density at radius 2 is 2.00 bits per heavy atom. The van der Waals surface area contributed by atoms with E-state index < -0.39 is 6.16 Å². The van der Waals surface area contributed by atoms with Crippen molar-refractivity contribution in [1.29, 1.82) is 0 Å². The molecule has 4 heteroatoms. The molecule has 0 amide bonds. The third-order valence-corrected chi connectivity index (χ3v) is 4.01. The van der Waals surface area contributed by atoms with Crippen molar-refractivity contribution >= 4 is 22.8 Å². The molecule has 0 heterocycles. The van der Waals surface area contributed by atoms with Crippen LogP contribution in [0, 0.1) is 11.3 Å². The molecule has 2 atom stereocenters. The van der Waals surface area contributed by atoms with Crippen molar-refractivity contribution in [1.82, 2.24) is 0 Å². The van der Waals surface area contributed by atoms with Gasteiger partial charge >= 0.3 is 6.16 Å². The normalized spacial score (nSPS) is 24.1. The molecule has 20 heavy (non-hydrogen) atoms. The second kappa shape index (κ2) is 5.88. The number of ether oxygens (including phenoxy) is 2. The molecule has 0 N–H and O–H groups in total. The van der Waals surface area contributed by atoms with E-state index in [9.17, 15) is 4.79 Å².